The minimum absolute atomic E-state index is 0.0508. The predicted octanol–water partition coefficient (Wildman–Crippen LogP) is 2.75. The quantitative estimate of drug-likeness (QED) is 0.668. The third-order valence-electron chi connectivity index (χ3n) is 4.98. The Balaban J connectivity index is 2.06. The van der Waals surface area contributed by atoms with Gasteiger partial charge in [0.2, 0.25) is 0 Å². The number of hydroxylamine groups is 2. The molecule has 1 fully saturated rings. The van der Waals surface area contributed by atoms with Crippen molar-refractivity contribution in [3.8, 4) is 0 Å². The van der Waals surface area contributed by atoms with Gasteiger partial charge < -0.3 is 0 Å². The van der Waals surface area contributed by atoms with Gasteiger partial charge in [-0.05, 0) is 36.4 Å². The topological polar surface area (TPSA) is 29.5 Å². The molecule has 0 aliphatic carbocycles. The Bertz CT molecular complexity index is 787. The van der Waals surface area contributed by atoms with Gasteiger partial charge in [0.15, 0.2) is 5.66 Å². The molecule has 0 spiro atoms. The second-order valence-electron chi connectivity index (χ2n) is 6.38. The SMILES string of the molecule is CN1OCC([P+](c2ccccc2)(c2ccccc2)c2ccccc2)C1=O. The monoisotopic (exact) mass is 362 g/mol. The molecule has 130 valence electrons. The Morgan fingerprint density at radius 2 is 1.15 bits per heavy atom. The summed E-state index contributed by atoms with van der Waals surface area (Å²) in [6, 6.07) is 31.3. The van der Waals surface area contributed by atoms with Crippen LogP contribution in [0.15, 0.2) is 91.0 Å². The van der Waals surface area contributed by atoms with Gasteiger partial charge in [-0.15, -0.1) is 0 Å². The molecule has 1 aliphatic rings. The number of benzene rings is 3. The van der Waals surface area contributed by atoms with Crippen molar-refractivity contribution in [3.05, 3.63) is 91.0 Å². The average Bonchev–Trinajstić information content (AvgIpc) is 3.04. The Hall–Kier alpha value is -2.48. The van der Waals surface area contributed by atoms with Gasteiger partial charge in [-0.1, -0.05) is 54.6 Å². The van der Waals surface area contributed by atoms with Crippen LogP contribution >= 0.6 is 7.26 Å². The third kappa shape index (κ3) is 2.65. The van der Waals surface area contributed by atoms with Crippen molar-refractivity contribution in [2.75, 3.05) is 13.7 Å². The molecule has 1 amide bonds. The maximum absolute atomic E-state index is 13.1. The standard InChI is InChI=1S/C22H21NO2P/c1-23-22(24)21(17-25-23)26(18-11-5-2-6-12-18,19-13-7-3-8-14-19)20-15-9-4-10-16-20/h2-16,21H,17H2,1H3/q+1. The molecule has 26 heavy (non-hydrogen) atoms. The minimum atomic E-state index is -2.21. The fraction of sp³-hybridized carbons (Fsp3) is 0.136. The molecule has 1 saturated heterocycles. The van der Waals surface area contributed by atoms with E-state index in [1.807, 2.05) is 18.2 Å². The molecular formula is C22H21NO2P+. The van der Waals surface area contributed by atoms with E-state index < -0.39 is 7.26 Å². The number of carbonyl (C=O) groups excluding carboxylic acids is 1. The van der Waals surface area contributed by atoms with Gasteiger partial charge in [-0.3, -0.25) is 9.63 Å². The van der Waals surface area contributed by atoms with Gasteiger partial charge >= 0.3 is 0 Å². The normalized spacial score (nSPS) is 17.5. The number of carbonyl (C=O) groups is 1. The first-order valence-electron chi connectivity index (χ1n) is 8.70. The number of amides is 1. The van der Waals surface area contributed by atoms with Gasteiger partial charge in [-0.25, -0.2) is 5.06 Å². The van der Waals surface area contributed by atoms with Crippen LogP contribution in [0.4, 0.5) is 0 Å². The van der Waals surface area contributed by atoms with Crippen LogP contribution in [0, 0.1) is 0 Å². The van der Waals surface area contributed by atoms with E-state index in [4.69, 9.17) is 4.84 Å². The van der Waals surface area contributed by atoms with Crippen LogP contribution in [0.5, 0.6) is 0 Å². The van der Waals surface area contributed by atoms with Gasteiger partial charge in [0.05, 0.1) is 0 Å². The lowest BCUT2D eigenvalue weighted by molar-refractivity contribution is -0.154. The smallest absolute Gasteiger partial charge is 0.268 e. The van der Waals surface area contributed by atoms with Crippen LogP contribution in [0.3, 0.4) is 0 Å². The predicted molar refractivity (Wildman–Crippen MR) is 108 cm³/mol. The van der Waals surface area contributed by atoms with Crippen molar-refractivity contribution >= 4 is 29.1 Å². The highest BCUT2D eigenvalue weighted by atomic mass is 31.2. The van der Waals surface area contributed by atoms with E-state index in [0.717, 1.165) is 0 Å². The summed E-state index contributed by atoms with van der Waals surface area (Å²) in [5.41, 5.74) is -0.222. The Morgan fingerprint density at radius 1 is 0.769 bits per heavy atom. The van der Waals surface area contributed by atoms with Crippen molar-refractivity contribution in [3.63, 3.8) is 0 Å². The van der Waals surface area contributed by atoms with Crippen LogP contribution in [-0.2, 0) is 9.63 Å². The van der Waals surface area contributed by atoms with Gasteiger partial charge in [0.25, 0.3) is 5.91 Å². The lowest BCUT2D eigenvalue weighted by Crippen LogP contribution is -2.43. The molecule has 0 radical (unpaired) electrons. The van der Waals surface area contributed by atoms with E-state index in [-0.39, 0.29) is 11.6 Å². The minimum Gasteiger partial charge on any atom is -0.268 e. The molecule has 4 rings (SSSR count). The Kier molecular flexibility index (Phi) is 4.58. The molecule has 0 saturated carbocycles. The second kappa shape index (κ2) is 7.03. The maximum Gasteiger partial charge on any atom is 0.290 e. The fourth-order valence-electron chi connectivity index (χ4n) is 3.78. The summed E-state index contributed by atoms with van der Waals surface area (Å²) < 4.78 is 0. The van der Waals surface area contributed by atoms with Crippen molar-refractivity contribution in [1.29, 1.82) is 0 Å². The molecular weight excluding hydrogens is 341 g/mol. The van der Waals surface area contributed by atoms with E-state index in [1.165, 1.54) is 21.0 Å². The number of hydrogen-bond acceptors (Lipinski definition) is 2. The van der Waals surface area contributed by atoms with E-state index in [9.17, 15) is 4.79 Å². The van der Waals surface area contributed by atoms with Crippen LogP contribution in [0.2, 0.25) is 0 Å². The molecule has 1 unspecified atom stereocenters. The first-order valence-corrected chi connectivity index (χ1v) is 10.6. The first kappa shape index (κ1) is 17.0. The highest BCUT2D eigenvalue weighted by Crippen LogP contribution is 2.61. The zero-order valence-electron chi connectivity index (χ0n) is 14.7. The zero-order valence-corrected chi connectivity index (χ0v) is 15.6. The number of rotatable bonds is 4. The average molecular weight is 362 g/mol. The van der Waals surface area contributed by atoms with Gasteiger partial charge in [-0.2, -0.15) is 0 Å². The maximum atomic E-state index is 13.1. The molecule has 0 aromatic heterocycles. The van der Waals surface area contributed by atoms with E-state index >= 15 is 0 Å². The number of nitrogens with zero attached hydrogens (tertiary/aromatic N) is 1. The molecule has 0 bridgehead atoms. The van der Waals surface area contributed by atoms with Crippen LogP contribution in [0.1, 0.15) is 0 Å². The summed E-state index contributed by atoms with van der Waals surface area (Å²) in [7, 11) is -0.504. The van der Waals surface area contributed by atoms with E-state index in [2.05, 4.69) is 72.8 Å². The summed E-state index contributed by atoms with van der Waals surface area (Å²) >= 11 is 0. The fourth-order valence-corrected chi connectivity index (χ4v) is 8.47. The zero-order chi connectivity index (χ0) is 18.0. The highest BCUT2D eigenvalue weighted by Gasteiger charge is 2.59. The third-order valence-corrected chi connectivity index (χ3v) is 9.62. The van der Waals surface area contributed by atoms with Crippen LogP contribution in [-0.4, -0.2) is 30.3 Å². The second-order valence-corrected chi connectivity index (χ2v) is 9.99. The van der Waals surface area contributed by atoms with Crippen molar-refractivity contribution in [1.82, 2.24) is 5.06 Å². The summed E-state index contributed by atoms with van der Waals surface area (Å²) in [6.45, 7) is 0.405. The molecule has 3 aromatic carbocycles. The summed E-state index contributed by atoms with van der Waals surface area (Å²) in [4.78, 5) is 18.8. The molecule has 1 aliphatic heterocycles. The molecule has 1 atom stereocenters. The van der Waals surface area contributed by atoms with Gasteiger partial charge in [0, 0.05) is 7.05 Å². The molecule has 3 aromatic rings. The lowest BCUT2D eigenvalue weighted by atomic mass is 10.3. The number of hydrogen-bond donors (Lipinski definition) is 0. The summed E-state index contributed by atoms with van der Waals surface area (Å²) in [5, 5.41) is 5.01. The van der Waals surface area contributed by atoms with E-state index in [0.29, 0.717) is 6.61 Å². The van der Waals surface area contributed by atoms with Crippen molar-refractivity contribution in [2.24, 2.45) is 0 Å². The largest absolute Gasteiger partial charge is 0.290 e. The molecule has 3 nitrogen and oxygen atoms in total. The van der Waals surface area contributed by atoms with E-state index in [1.54, 1.807) is 7.05 Å². The molecule has 4 heteroatoms. The van der Waals surface area contributed by atoms with Crippen molar-refractivity contribution in [2.45, 2.75) is 5.66 Å². The lowest BCUT2D eigenvalue weighted by Gasteiger charge is -2.30. The Labute approximate surface area is 154 Å². The van der Waals surface area contributed by atoms with Crippen LogP contribution in [0.25, 0.3) is 0 Å². The highest BCUT2D eigenvalue weighted by molar-refractivity contribution is 7.96. The van der Waals surface area contributed by atoms with Crippen molar-refractivity contribution < 1.29 is 9.63 Å². The summed E-state index contributed by atoms with van der Waals surface area (Å²) in [6.07, 6.45) is 0. The van der Waals surface area contributed by atoms with Gasteiger partial charge in [0.1, 0.15) is 29.8 Å². The first-order chi connectivity index (χ1) is 12.7. The molecule has 1 heterocycles. The molecule has 0 N–H and O–H groups in total. The van der Waals surface area contributed by atoms with Crippen LogP contribution < -0.4 is 15.9 Å². The Morgan fingerprint density at radius 3 is 1.46 bits per heavy atom. The summed E-state index contributed by atoms with van der Waals surface area (Å²) in [5.74, 6) is 0.0508.